The van der Waals surface area contributed by atoms with Gasteiger partial charge in [0.05, 0.1) is 17.6 Å². The topological polar surface area (TPSA) is 50.1 Å². The van der Waals surface area contributed by atoms with Crippen LogP contribution in [0.2, 0.25) is 0 Å². The lowest BCUT2D eigenvalue weighted by atomic mass is 10.3. The lowest BCUT2D eigenvalue weighted by Gasteiger charge is -2.08. The first kappa shape index (κ1) is 12.5. The second-order valence-electron chi connectivity index (χ2n) is 4.66. The van der Waals surface area contributed by atoms with Crippen LogP contribution >= 0.6 is 0 Å². The lowest BCUT2D eigenvalue weighted by molar-refractivity contribution is 0.475. The van der Waals surface area contributed by atoms with Crippen molar-refractivity contribution in [3.63, 3.8) is 0 Å². The van der Waals surface area contributed by atoms with Gasteiger partial charge in [0.1, 0.15) is 11.6 Å². The third kappa shape index (κ3) is 2.32. The third-order valence-electron chi connectivity index (χ3n) is 3.35. The Kier molecular flexibility index (Phi) is 3.29. The lowest BCUT2D eigenvalue weighted by Crippen LogP contribution is -2.07. The van der Waals surface area contributed by atoms with Crippen molar-refractivity contribution in [1.82, 2.24) is 9.55 Å². The first-order valence-corrected chi connectivity index (χ1v) is 6.75. The van der Waals surface area contributed by atoms with Crippen molar-refractivity contribution in [2.45, 2.75) is 20.0 Å². The summed E-state index contributed by atoms with van der Waals surface area (Å²) in [6.45, 7) is 3.63. The van der Waals surface area contributed by atoms with Crippen LogP contribution in [0.15, 0.2) is 48.5 Å². The van der Waals surface area contributed by atoms with Gasteiger partial charge in [-0.1, -0.05) is 18.2 Å². The fourth-order valence-corrected chi connectivity index (χ4v) is 2.41. The SMILES string of the molecule is CCn1c(CNc2cccc(O)c2)nc2ccccc21. The fourth-order valence-electron chi connectivity index (χ4n) is 2.41. The van der Waals surface area contributed by atoms with Crippen molar-refractivity contribution in [2.75, 3.05) is 5.32 Å². The van der Waals surface area contributed by atoms with E-state index in [9.17, 15) is 5.11 Å². The van der Waals surface area contributed by atoms with Crippen molar-refractivity contribution < 1.29 is 5.11 Å². The molecule has 1 aromatic heterocycles. The molecule has 0 spiro atoms. The molecule has 0 aliphatic carbocycles. The molecule has 0 aliphatic heterocycles. The van der Waals surface area contributed by atoms with E-state index in [4.69, 9.17) is 0 Å². The van der Waals surface area contributed by atoms with Gasteiger partial charge in [-0.15, -0.1) is 0 Å². The Balaban J connectivity index is 1.87. The summed E-state index contributed by atoms with van der Waals surface area (Å²) in [5.74, 6) is 1.26. The van der Waals surface area contributed by atoms with Gasteiger partial charge < -0.3 is 15.0 Å². The van der Waals surface area contributed by atoms with Gasteiger partial charge in [0.15, 0.2) is 0 Å². The Bertz CT molecular complexity index is 733. The van der Waals surface area contributed by atoms with Crippen LogP contribution in [0.4, 0.5) is 5.69 Å². The van der Waals surface area contributed by atoms with Crippen LogP contribution in [0.5, 0.6) is 5.75 Å². The molecule has 0 saturated carbocycles. The number of nitrogens with one attached hydrogen (secondary N) is 1. The third-order valence-corrected chi connectivity index (χ3v) is 3.35. The number of nitrogens with zero attached hydrogens (tertiary/aromatic N) is 2. The number of rotatable bonds is 4. The molecule has 102 valence electrons. The van der Waals surface area contributed by atoms with Gasteiger partial charge in [0.2, 0.25) is 0 Å². The highest BCUT2D eigenvalue weighted by Crippen LogP contribution is 2.19. The van der Waals surface area contributed by atoms with Gasteiger partial charge in [-0.2, -0.15) is 0 Å². The number of phenols is 1. The Morgan fingerprint density at radius 1 is 1.15 bits per heavy atom. The molecule has 0 aliphatic rings. The predicted octanol–water partition coefficient (Wildman–Crippen LogP) is 3.37. The van der Waals surface area contributed by atoms with Crippen LogP contribution in [-0.2, 0) is 13.1 Å². The summed E-state index contributed by atoms with van der Waals surface area (Å²) in [6.07, 6.45) is 0. The molecule has 3 rings (SSSR count). The number of hydrogen-bond donors (Lipinski definition) is 2. The normalized spacial score (nSPS) is 10.8. The Morgan fingerprint density at radius 2 is 2.00 bits per heavy atom. The molecule has 0 radical (unpaired) electrons. The Hall–Kier alpha value is -2.49. The zero-order chi connectivity index (χ0) is 13.9. The smallest absolute Gasteiger partial charge is 0.129 e. The predicted molar refractivity (Wildman–Crippen MR) is 80.8 cm³/mol. The van der Waals surface area contributed by atoms with Crippen molar-refractivity contribution in [1.29, 1.82) is 0 Å². The standard InChI is InChI=1S/C16H17N3O/c1-2-19-15-9-4-3-8-14(15)18-16(19)11-17-12-6-5-7-13(20)10-12/h3-10,17,20H,2,11H2,1H3. The van der Waals surface area contributed by atoms with Gasteiger partial charge in [-0.05, 0) is 31.2 Å². The quantitative estimate of drug-likeness (QED) is 0.762. The Labute approximate surface area is 117 Å². The van der Waals surface area contributed by atoms with Gasteiger partial charge in [0, 0.05) is 18.3 Å². The van der Waals surface area contributed by atoms with E-state index in [1.54, 1.807) is 12.1 Å². The summed E-state index contributed by atoms with van der Waals surface area (Å²) in [5, 5.41) is 12.8. The number of fused-ring (bicyclic) bond motifs is 1. The first-order chi connectivity index (χ1) is 9.78. The molecule has 20 heavy (non-hydrogen) atoms. The number of phenolic OH excluding ortho intramolecular Hbond substituents is 1. The van der Waals surface area contributed by atoms with E-state index in [-0.39, 0.29) is 5.75 Å². The minimum Gasteiger partial charge on any atom is -0.508 e. The van der Waals surface area contributed by atoms with E-state index < -0.39 is 0 Å². The van der Waals surface area contributed by atoms with Crippen molar-refractivity contribution >= 4 is 16.7 Å². The average Bonchev–Trinajstić information content (AvgIpc) is 2.82. The molecule has 4 nitrogen and oxygen atoms in total. The van der Waals surface area contributed by atoms with Crippen LogP contribution in [0, 0.1) is 0 Å². The Morgan fingerprint density at radius 3 is 2.80 bits per heavy atom. The van der Waals surface area contributed by atoms with E-state index >= 15 is 0 Å². The zero-order valence-electron chi connectivity index (χ0n) is 11.4. The molecule has 0 fully saturated rings. The monoisotopic (exact) mass is 267 g/mol. The minimum absolute atomic E-state index is 0.263. The number of aromatic nitrogens is 2. The maximum atomic E-state index is 9.46. The average molecular weight is 267 g/mol. The molecule has 2 N–H and O–H groups in total. The molecule has 2 aromatic carbocycles. The number of para-hydroxylation sites is 2. The number of aryl methyl sites for hydroxylation is 1. The van der Waals surface area contributed by atoms with Crippen molar-refractivity contribution in [3.05, 3.63) is 54.4 Å². The molecular weight excluding hydrogens is 250 g/mol. The van der Waals surface area contributed by atoms with Crippen molar-refractivity contribution in [2.24, 2.45) is 0 Å². The first-order valence-electron chi connectivity index (χ1n) is 6.75. The van der Waals surface area contributed by atoms with Crippen LogP contribution in [-0.4, -0.2) is 14.7 Å². The van der Waals surface area contributed by atoms with Crippen LogP contribution in [0.1, 0.15) is 12.7 Å². The molecule has 0 saturated heterocycles. The number of hydrogen-bond acceptors (Lipinski definition) is 3. The van der Waals surface area contributed by atoms with Crippen LogP contribution in [0.3, 0.4) is 0 Å². The van der Waals surface area contributed by atoms with Crippen molar-refractivity contribution in [3.8, 4) is 5.75 Å². The second-order valence-corrected chi connectivity index (χ2v) is 4.66. The molecule has 1 heterocycles. The maximum absolute atomic E-state index is 9.46. The maximum Gasteiger partial charge on any atom is 0.129 e. The minimum atomic E-state index is 0.263. The highest BCUT2D eigenvalue weighted by atomic mass is 16.3. The summed E-state index contributed by atoms with van der Waals surface area (Å²) < 4.78 is 2.20. The summed E-state index contributed by atoms with van der Waals surface area (Å²) >= 11 is 0. The van der Waals surface area contributed by atoms with Crippen LogP contribution < -0.4 is 5.32 Å². The molecule has 4 heteroatoms. The van der Waals surface area contributed by atoms with Gasteiger partial charge in [-0.25, -0.2) is 4.98 Å². The van der Waals surface area contributed by atoms with E-state index in [1.807, 2.05) is 30.3 Å². The molecule has 0 atom stereocenters. The molecule has 0 bridgehead atoms. The molecular formula is C16H17N3O. The highest BCUT2D eigenvalue weighted by Gasteiger charge is 2.08. The largest absolute Gasteiger partial charge is 0.508 e. The summed E-state index contributed by atoms with van der Waals surface area (Å²) in [6, 6.07) is 15.3. The van der Waals surface area contributed by atoms with Gasteiger partial charge >= 0.3 is 0 Å². The number of aromatic hydroxyl groups is 1. The van der Waals surface area contributed by atoms with E-state index in [0.717, 1.165) is 29.1 Å². The van der Waals surface area contributed by atoms with Crippen LogP contribution in [0.25, 0.3) is 11.0 Å². The van der Waals surface area contributed by atoms with E-state index in [1.165, 1.54) is 0 Å². The number of imidazole rings is 1. The van der Waals surface area contributed by atoms with E-state index in [0.29, 0.717) is 6.54 Å². The molecule has 0 unspecified atom stereocenters. The summed E-state index contributed by atoms with van der Waals surface area (Å²) in [4.78, 5) is 4.66. The highest BCUT2D eigenvalue weighted by molar-refractivity contribution is 5.76. The molecule has 0 amide bonds. The summed E-state index contributed by atoms with van der Waals surface area (Å²) in [5.41, 5.74) is 3.06. The summed E-state index contributed by atoms with van der Waals surface area (Å²) in [7, 11) is 0. The number of benzene rings is 2. The van der Waals surface area contributed by atoms with E-state index in [2.05, 4.69) is 27.9 Å². The zero-order valence-corrected chi connectivity index (χ0v) is 11.4. The second kappa shape index (κ2) is 5.25. The number of anilines is 1. The molecule has 3 aromatic rings. The van der Waals surface area contributed by atoms with Gasteiger partial charge in [0.25, 0.3) is 0 Å². The van der Waals surface area contributed by atoms with Gasteiger partial charge in [-0.3, -0.25) is 0 Å². The fraction of sp³-hybridized carbons (Fsp3) is 0.188.